The Labute approximate surface area is 206 Å². The summed E-state index contributed by atoms with van der Waals surface area (Å²) in [6, 6.07) is 6.77. The second-order valence-corrected chi connectivity index (χ2v) is 11.6. The van der Waals surface area contributed by atoms with Crippen molar-refractivity contribution in [3.8, 4) is 16.2 Å². The molecule has 0 N–H and O–H groups in total. The molecule has 1 atom stereocenters. The van der Waals surface area contributed by atoms with Gasteiger partial charge in [-0.15, -0.1) is 11.3 Å². The summed E-state index contributed by atoms with van der Waals surface area (Å²) in [5.41, 5.74) is 1.42. The third kappa shape index (κ3) is 6.11. The highest BCUT2D eigenvalue weighted by molar-refractivity contribution is 7.77. The van der Waals surface area contributed by atoms with Gasteiger partial charge in [0.15, 0.2) is 5.06 Å². The number of carbonyl (C=O) groups is 1. The van der Waals surface area contributed by atoms with Crippen LogP contribution in [-0.4, -0.2) is 35.8 Å². The van der Waals surface area contributed by atoms with E-state index in [0.29, 0.717) is 33.5 Å². The van der Waals surface area contributed by atoms with Gasteiger partial charge in [-0.1, -0.05) is 46.8 Å². The number of carbonyl (C=O) groups excluding carboxylic acids is 1. The van der Waals surface area contributed by atoms with Crippen molar-refractivity contribution in [2.45, 2.75) is 53.0 Å². The van der Waals surface area contributed by atoms with Gasteiger partial charge >= 0.3 is 6.09 Å². The molecular weight excluding hydrogens is 477 g/mol. The van der Waals surface area contributed by atoms with Gasteiger partial charge in [-0.05, 0) is 30.0 Å². The highest BCUT2D eigenvalue weighted by Crippen LogP contribution is 2.40. The average Bonchev–Trinajstić information content (AvgIpc) is 3.35. The van der Waals surface area contributed by atoms with E-state index in [-0.39, 0.29) is 10.5 Å². The lowest BCUT2D eigenvalue weighted by molar-refractivity contribution is 0.185. The van der Waals surface area contributed by atoms with Crippen molar-refractivity contribution in [1.82, 2.24) is 13.9 Å². The third-order valence-corrected chi connectivity index (χ3v) is 6.74. The van der Waals surface area contributed by atoms with Crippen LogP contribution in [0, 0.1) is 11.7 Å². The smallest absolute Gasteiger partial charge is 0.426 e. The van der Waals surface area contributed by atoms with E-state index in [2.05, 4.69) is 39.6 Å². The molecule has 0 fully saturated rings. The topological polar surface area (TPSA) is 87.5 Å². The summed E-state index contributed by atoms with van der Waals surface area (Å²) in [6.07, 6.45) is 3.26. The number of rotatable bonds is 7. The average molecular weight is 507 g/mol. The maximum atomic E-state index is 15.2. The van der Waals surface area contributed by atoms with Crippen LogP contribution in [0.3, 0.4) is 0 Å². The van der Waals surface area contributed by atoms with Crippen LogP contribution in [0.15, 0.2) is 36.7 Å². The van der Waals surface area contributed by atoms with Crippen LogP contribution >= 0.6 is 11.3 Å². The number of hydrogen-bond donors (Lipinski definition) is 0. The Hall–Kier alpha value is -2.56. The zero-order valence-electron chi connectivity index (χ0n) is 20.1. The Morgan fingerprint density at radius 2 is 2.03 bits per heavy atom. The number of hydrogen-bond acceptors (Lipinski definition) is 6. The van der Waals surface area contributed by atoms with Crippen molar-refractivity contribution < 1.29 is 22.7 Å². The Kier molecular flexibility index (Phi) is 7.95. The van der Waals surface area contributed by atoms with Gasteiger partial charge in [0, 0.05) is 40.9 Å². The molecule has 0 radical (unpaired) electrons. The van der Waals surface area contributed by atoms with Crippen molar-refractivity contribution in [2.24, 2.45) is 5.92 Å². The van der Waals surface area contributed by atoms with Crippen molar-refractivity contribution in [3.63, 3.8) is 0 Å². The van der Waals surface area contributed by atoms with Gasteiger partial charge in [0.1, 0.15) is 11.6 Å². The summed E-state index contributed by atoms with van der Waals surface area (Å²) in [5.74, 6) is 0.831. The number of nitrogens with zero attached hydrogens (tertiary/aromatic N) is 3. The Morgan fingerprint density at radius 1 is 1.32 bits per heavy atom. The lowest BCUT2D eigenvalue weighted by atomic mass is 9.95. The third-order valence-electron chi connectivity index (χ3n) is 5.11. The van der Waals surface area contributed by atoms with Crippen LogP contribution in [-0.2, 0) is 29.6 Å². The molecule has 1 aromatic carbocycles. The first kappa shape index (κ1) is 26.1. The molecule has 7 nitrogen and oxygen atoms in total. The molecule has 3 aromatic rings. The summed E-state index contributed by atoms with van der Waals surface area (Å²) < 4.78 is 45.2. The number of amides is 1. The second kappa shape index (κ2) is 10.4. The highest BCUT2D eigenvalue weighted by atomic mass is 32.2. The van der Waals surface area contributed by atoms with E-state index in [1.807, 2.05) is 16.8 Å². The fourth-order valence-electron chi connectivity index (χ4n) is 3.52. The van der Waals surface area contributed by atoms with Crippen LogP contribution in [0.2, 0.25) is 0 Å². The Morgan fingerprint density at radius 3 is 2.62 bits per heavy atom. The van der Waals surface area contributed by atoms with E-state index in [9.17, 15) is 13.6 Å². The van der Waals surface area contributed by atoms with Crippen molar-refractivity contribution in [3.05, 3.63) is 58.7 Å². The van der Waals surface area contributed by atoms with E-state index in [1.54, 1.807) is 18.3 Å². The number of aromatic nitrogens is 2. The largest absolute Gasteiger partial charge is 0.755 e. The molecule has 184 valence electrons. The molecule has 1 unspecified atom stereocenters. The van der Waals surface area contributed by atoms with Crippen molar-refractivity contribution in [1.29, 1.82) is 0 Å². The molecule has 0 aliphatic rings. The summed E-state index contributed by atoms with van der Waals surface area (Å²) >= 11 is -1.50. The molecular formula is C24H29FN3O4S2-. The molecule has 0 aliphatic carbocycles. The number of halogens is 1. The molecule has 0 spiro atoms. The van der Waals surface area contributed by atoms with E-state index in [4.69, 9.17) is 4.74 Å². The first-order chi connectivity index (χ1) is 15.9. The number of imidazole rings is 1. The summed E-state index contributed by atoms with van der Waals surface area (Å²) in [6.45, 7) is 10.6. The monoisotopic (exact) mass is 506 g/mol. The summed E-state index contributed by atoms with van der Waals surface area (Å²) in [7, 11) is 1.10. The molecule has 10 heteroatoms. The van der Waals surface area contributed by atoms with E-state index < -0.39 is 23.2 Å². The highest BCUT2D eigenvalue weighted by Gasteiger charge is 2.22. The van der Waals surface area contributed by atoms with Gasteiger partial charge in [0.25, 0.3) is 0 Å². The molecule has 2 heterocycles. The molecule has 3 rings (SSSR count). The maximum absolute atomic E-state index is 15.2. The molecule has 0 saturated heterocycles. The van der Waals surface area contributed by atoms with Crippen LogP contribution in [0.5, 0.6) is 5.06 Å². The molecule has 1 amide bonds. The summed E-state index contributed by atoms with van der Waals surface area (Å²) in [4.78, 5) is 17.6. The number of thiophene rings is 1. The van der Waals surface area contributed by atoms with Crippen molar-refractivity contribution in [2.75, 3.05) is 7.05 Å². The fourth-order valence-corrected chi connectivity index (χ4v) is 4.91. The quantitative estimate of drug-likeness (QED) is 0.394. The predicted molar refractivity (Wildman–Crippen MR) is 131 cm³/mol. The SMILES string of the molecule is CC(C)Cc1cc(-c2ccc(Cn3ccnc3C(C)(C)C)c(F)c2)c(OC(=O)N(C)S(=O)[O-])s1. The first-order valence-electron chi connectivity index (χ1n) is 10.8. The molecule has 0 saturated carbocycles. The minimum atomic E-state index is -2.75. The van der Waals surface area contributed by atoms with Gasteiger partial charge in [-0.25, -0.2) is 18.5 Å². The molecule has 2 aromatic heterocycles. The normalized spacial score (nSPS) is 12.7. The van der Waals surface area contributed by atoms with Crippen LogP contribution in [0.1, 0.15) is 50.9 Å². The molecule has 34 heavy (non-hydrogen) atoms. The van der Waals surface area contributed by atoms with Gasteiger partial charge < -0.3 is 13.9 Å². The van der Waals surface area contributed by atoms with Gasteiger partial charge in [-0.3, -0.25) is 4.21 Å². The fraction of sp³-hybridized carbons (Fsp3) is 0.417. The summed E-state index contributed by atoms with van der Waals surface area (Å²) in [5, 5.41) is 0.231. The second-order valence-electron chi connectivity index (χ2n) is 9.53. The minimum Gasteiger partial charge on any atom is -0.755 e. The first-order valence-corrected chi connectivity index (χ1v) is 12.7. The lowest BCUT2D eigenvalue weighted by Gasteiger charge is -2.20. The molecule has 0 aliphatic heterocycles. The van der Waals surface area contributed by atoms with Gasteiger partial charge in [0.05, 0.1) is 17.8 Å². The Bertz CT molecular complexity index is 1200. The lowest BCUT2D eigenvalue weighted by Crippen LogP contribution is -2.31. The van der Waals surface area contributed by atoms with Crippen molar-refractivity contribution >= 4 is 28.7 Å². The van der Waals surface area contributed by atoms with Crippen LogP contribution in [0.4, 0.5) is 9.18 Å². The number of ether oxygens (including phenoxy) is 1. The number of benzene rings is 1. The van der Waals surface area contributed by atoms with Gasteiger partial charge in [-0.2, -0.15) is 0 Å². The molecule has 0 bridgehead atoms. The standard InChI is InChI=1S/C24H30FN3O4S2/c1-15(2)11-18-13-19(21(33-18)32-23(29)27(6)34(30)31)16-7-8-17(20(25)12-16)14-28-10-9-26-22(28)24(3,4)5/h7-10,12-13,15H,11,14H2,1-6H3,(H,30,31)/p-1. The van der Waals surface area contributed by atoms with Crippen LogP contribution in [0.25, 0.3) is 11.1 Å². The zero-order chi connectivity index (χ0) is 25.2. The predicted octanol–water partition coefficient (Wildman–Crippen LogP) is 5.52. The Balaban J connectivity index is 1.94. The van der Waals surface area contributed by atoms with E-state index in [0.717, 1.165) is 24.2 Å². The minimum absolute atomic E-state index is 0.177. The van der Waals surface area contributed by atoms with Gasteiger partial charge in [0.2, 0.25) is 0 Å². The van der Waals surface area contributed by atoms with E-state index in [1.165, 1.54) is 17.4 Å². The maximum Gasteiger partial charge on any atom is 0.426 e. The van der Waals surface area contributed by atoms with Crippen LogP contribution < -0.4 is 4.74 Å². The van der Waals surface area contributed by atoms with E-state index >= 15 is 4.39 Å². The zero-order valence-corrected chi connectivity index (χ0v) is 21.8.